The Morgan fingerprint density at radius 3 is 1.46 bits per heavy atom. The average molecular weight is 371 g/mol. The molecule has 0 rings (SSSR count). The van der Waals surface area contributed by atoms with E-state index in [9.17, 15) is 14.7 Å². The van der Waals surface area contributed by atoms with E-state index >= 15 is 0 Å². The number of carboxylic acid groups (broad SMARTS) is 2. The van der Waals surface area contributed by atoms with Crippen LogP contribution in [-0.2, 0) is 9.59 Å². The Kier molecular flexibility index (Phi) is 15.0. The van der Waals surface area contributed by atoms with Crippen LogP contribution in [0.2, 0.25) is 0 Å². The summed E-state index contributed by atoms with van der Waals surface area (Å²) in [6.45, 7) is 2.24. The summed E-state index contributed by atoms with van der Waals surface area (Å²) in [5.74, 6) is -3.45. The maximum Gasteiger partial charge on any atom is 0.347 e. The van der Waals surface area contributed by atoms with E-state index in [0.717, 1.165) is 19.3 Å². The van der Waals surface area contributed by atoms with Crippen molar-refractivity contribution < 1.29 is 24.9 Å². The van der Waals surface area contributed by atoms with Crippen LogP contribution in [0.25, 0.3) is 0 Å². The van der Waals surface area contributed by atoms with Gasteiger partial charge in [0.2, 0.25) is 0 Å². The van der Waals surface area contributed by atoms with Gasteiger partial charge in [-0.05, 0) is 12.8 Å². The molecule has 26 heavy (non-hydrogen) atoms. The van der Waals surface area contributed by atoms with Gasteiger partial charge in [-0.25, -0.2) is 9.59 Å². The fourth-order valence-electron chi connectivity index (χ4n) is 2.92. The van der Waals surface area contributed by atoms with Crippen molar-refractivity contribution in [3.63, 3.8) is 0 Å². The number of unbranched alkanes of at least 4 members (excludes halogenated alkanes) is 13. The summed E-state index contributed by atoms with van der Waals surface area (Å²) in [6, 6.07) is 0. The second-order valence-electron chi connectivity index (χ2n) is 7.18. The SMILES string of the molecule is CCCCCCCCCCCCCCCC=CCC(O)(C(=O)O)C(=O)O. The highest BCUT2D eigenvalue weighted by Crippen LogP contribution is 2.14. The molecule has 152 valence electrons. The molecule has 0 bridgehead atoms. The molecule has 0 fully saturated rings. The maximum absolute atomic E-state index is 10.8. The van der Waals surface area contributed by atoms with E-state index in [1.165, 1.54) is 76.7 Å². The minimum absolute atomic E-state index is 0.407. The molecule has 3 N–H and O–H groups in total. The molecule has 0 spiro atoms. The largest absolute Gasteiger partial charge is 0.479 e. The number of aliphatic hydroxyl groups is 1. The first-order chi connectivity index (χ1) is 12.4. The lowest BCUT2D eigenvalue weighted by Crippen LogP contribution is -2.46. The van der Waals surface area contributed by atoms with E-state index in [1.807, 2.05) is 0 Å². The molecular weight excluding hydrogens is 332 g/mol. The highest BCUT2D eigenvalue weighted by atomic mass is 16.4. The molecule has 0 saturated carbocycles. The Bertz CT molecular complexity index is 389. The highest BCUT2D eigenvalue weighted by Gasteiger charge is 2.43. The summed E-state index contributed by atoms with van der Waals surface area (Å²) in [6.07, 6.45) is 20.4. The van der Waals surface area contributed by atoms with E-state index in [1.54, 1.807) is 6.08 Å². The molecular formula is C21H38O5. The van der Waals surface area contributed by atoms with E-state index in [0.29, 0.717) is 0 Å². The van der Waals surface area contributed by atoms with Gasteiger partial charge < -0.3 is 15.3 Å². The van der Waals surface area contributed by atoms with Gasteiger partial charge in [0.05, 0.1) is 0 Å². The third-order valence-corrected chi connectivity index (χ3v) is 4.76. The van der Waals surface area contributed by atoms with Crippen molar-refractivity contribution in [2.75, 3.05) is 0 Å². The molecule has 0 saturated heterocycles. The molecule has 0 aliphatic rings. The maximum atomic E-state index is 10.8. The normalized spacial score (nSPS) is 11.9. The lowest BCUT2D eigenvalue weighted by Gasteiger charge is -2.15. The van der Waals surface area contributed by atoms with Gasteiger partial charge in [0.15, 0.2) is 0 Å². The van der Waals surface area contributed by atoms with Crippen LogP contribution in [0.4, 0.5) is 0 Å². The summed E-state index contributed by atoms with van der Waals surface area (Å²) < 4.78 is 0. The van der Waals surface area contributed by atoms with Gasteiger partial charge in [-0.15, -0.1) is 0 Å². The Balaban J connectivity index is 3.46. The summed E-state index contributed by atoms with van der Waals surface area (Å²) in [7, 11) is 0. The van der Waals surface area contributed by atoms with Crippen LogP contribution in [0, 0.1) is 0 Å². The van der Waals surface area contributed by atoms with Crippen LogP contribution < -0.4 is 0 Å². The molecule has 0 aromatic carbocycles. The number of carbonyl (C=O) groups is 2. The third kappa shape index (κ3) is 12.1. The molecule has 0 amide bonds. The standard InChI is InChI=1S/C21H38O5/c1-2-3-4-5-6-7-8-9-10-11-12-13-14-15-16-17-18-21(26,19(22)23)20(24)25/h16-17,26H,2-15,18H2,1H3,(H,22,23)(H,24,25). The number of hydrogen-bond acceptors (Lipinski definition) is 3. The quantitative estimate of drug-likeness (QED) is 0.172. The number of hydrogen-bond donors (Lipinski definition) is 3. The molecule has 0 heterocycles. The van der Waals surface area contributed by atoms with Crippen molar-refractivity contribution in [2.45, 2.75) is 109 Å². The molecule has 0 aromatic rings. The molecule has 0 aliphatic heterocycles. The van der Waals surface area contributed by atoms with E-state index in [-0.39, 0.29) is 0 Å². The Hall–Kier alpha value is -1.36. The van der Waals surface area contributed by atoms with Crippen molar-refractivity contribution >= 4 is 11.9 Å². The molecule has 5 nitrogen and oxygen atoms in total. The predicted octanol–water partition coefficient (Wildman–Crippen LogP) is 5.31. The molecule has 0 aliphatic carbocycles. The molecule has 0 radical (unpaired) electrons. The second kappa shape index (κ2) is 15.9. The lowest BCUT2D eigenvalue weighted by molar-refractivity contribution is -0.175. The first-order valence-corrected chi connectivity index (χ1v) is 10.3. The fraction of sp³-hybridized carbons (Fsp3) is 0.810. The van der Waals surface area contributed by atoms with Crippen molar-refractivity contribution in [1.82, 2.24) is 0 Å². The van der Waals surface area contributed by atoms with Crippen LogP contribution in [0.5, 0.6) is 0 Å². The Morgan fingerprint density at radius 1 is 0.692 bits per heavy atom. The first kappa shape index (κ1) is 24.6. The van der Waals surface area contributed by atoms with Crippen LogP contribution >= 0.6 is 0 Å². The minimum atomic E-state index is -2.72. The van der Waals surface area contributed by atoms with Gasteiger partial charge in [-0.3, -0.25) is 0 Å². The summed E-state index contributed by atoms with van der Waals surface area (Å²) in [4.78, 5) is 21.6. The summed E-state index contributed by atoms with van der Waals surface area (Å²) in [5, 5.41) is 27.1. The summed E-state index contributed by atoms with van der Waals surface area (Å²) >= 11 is 0. The molecule has 0 atom stereocenters. The smallest absolute Gasteiger partial charge is 0.347 e. The third-order valence-electron chi connectivity index (χ3n) is 4.76. The van der Waals surface area contributed by atoms with Crippen LogP contribution in [0.15, 0.2) is 12.2 Å². The van der Waals surface area contributed by atoms with Crippen molar-refractivity contribution in [1.29, 1.82) is 0 Å². The zero-order chi connectivity index (χ0) is 19.7. The second-order valence-corrected chi connectivity index (χ2v) is 7.18. The van der Waals surface area contributed by atoms with Gasteiger partial charge in [-0.2, -0.15) is 0 Å². The van der Waals surface area contributed by atoms with Crippen molar-refractivity contribution in [3.8, 4) is 0 Å². The Morgan fingerprint density at radius 2 is 1.08 bits per heavy atom. The van der Waals surface area contributed by atoms with Crippen LogP contribution in [0.1, 0.15) is 103 Å². The number of allylic oxidation sites excluding steroid dienone is 1. The van der Waals surface area contributed by atoms with E-state index in [4.69, 9.17) is 10.2 Å². The molecule has 0 unspecified atom stereocenters. The van der Waals surface area contributed by atoms with E-state index < -0.39 is 24.0 Å². The highest BCUT2D eigenvalue weighted by molar-refractivity contribution is 6.01. The van der Waals surface area contributed by atoms with Gasteiger partial charge in [0, 0.05) is 6.42 Å². The van der Waals surface area contributed by atoms with Crippen molar-refractivity contribution in [2.24, 2.45) is 0 Å². The number of carboxylic acids is 2. The monoisotopic (exact) mass is 370 g/mol. The van der Waals surface area contributed by atoms with Crippen LogP contribution in [-0.4, -0.2) is 32.9 Å². The number of aliphatic carboxylic acids is 2. The van der Waals surface area contributed by atoms with E-state index in [2.05, 4.69) is 6.92 Å². The molecule has 5 heteroatoms. The molecule has 0 aromatic heterocycles. The Labute approximate surface area is 158 Å². The predicted molar refractivity (Wildman–Crippen MR) is 104 cm³/mol. The number of rotatable bonds is 18. The summed E-state index contributed by atoms with van der Waals surface area (Å²) in [5.41, 5.74) is -2.72. The first-order valence-electron chi connectivity index (χ1n) is 10.3. The zero-order valence-corrected chi connectivity index (χ0v) is 16.4. The van der Waals surface area contributed by atoms with Crippen LogP contribution in [0.3, 0.4) is 0 Å². The van der Waals surface area contributed by atoms with Gasteiger partial charge >= 0.3 is 11.9 Å². The van der Waals surface area contributed by atoms with Crippen molar-refractivity contribution in [3.05, 3.63) is 12.2 Å². The zero-order valence-electron chi connectivity index (χ0n) is 16.4. The fourth-order valence-corrected chi connectivity index (χ4v) is 2.92. The van der Waals surface area contributed by atoms with Gasteiger partial charge in [-0.1, -0.05) is 96.1 Å². The van der Waals surface area contributed by atoms with Gasteiger partial charge in [0.1, 0.15) is 0 Å². The minimum Gasteiger partial charge on any atom is -0.479 e. The van der Waals surface area contributed by atoms with Gasteiger partial charge in [0.25, 0.3) is 5.60 Å². The topological polar surface area (TPSA) is 94.8 Å². The lowest BCUT2D eigenvalue weighted by atomic mass is 9.99. The average Bonchev–Trinajstić information content (AvgIpc) is 2.60.